The van der Waals surface area contributed by atoms with Crippen molar-refractivity contribution in [2.45, 2.75) is 6.54 Å². The fraction of sp³-hybridized carbons (Fsp3) is 0.333. The molecule has 12 nitrogen and oxygen atoms in total. The summed E-state index contributed by atoms with van der Waals surface area (Å²) < 4.78 is 13.1. The van der Waals surface area contributed by atoms with Crippen molar-refractivity contribution in [3.05, 3.63) is 56.2 Å². The third-order valence-corrected chi connectivity index (χ3v) is 6.77. The zero-order valence-electron chi connectivity index (χ0n) is 19.7. The van der Waals surface area contributed by atoms with E-state index in [9.17, 15) is 29.4 Å². The van der Waals surface area contributed by atoms with Crippen molar-refractivity contribution in [1.82, 2.24) is 14.0 Å². The molecule has 1 aliphatic rings. The van der Waals surface area contributed by atoms with E-state index in [1.54, 1.807) is 7.11 Å². The molecule has 4 aromatic rings. The molecule has 0 amide bonds. The highest BCUT2D eigenvalue weighted by Crippen LogP contribution is 2.36. The van der Waals surface area contributed by atoms with E-state index in [1.165, 1.54) is 7.05 Å². The van der Waals surface area contributed by atoms with Crippen LogP contribution in [0.4, 0.5) is 5.69 Å². The first-order valence-electron chi connectivity index (χ1n) is 11.3. The molecule has 3 aromatic heterocycles. The van der Waals surface area contributed by atoms with Crippen LogP contribution in [0.25, 0.3) is 22.1 Å². The molecule has 1 saturated heterocycles. The highest BCUT2D eigenvalue weighted by Gasteiger charge is 2.34. The summed E-state index contributed by atoms with van der Waals surface area (Å²) in [5.74, 6) is -2.23. The number of rotatable bonds is 7. The Balaban J connectivity index is 1.41. The highest BCUT2D eigenvalue weighted by atomic mass is 16.5. The number of carboxylic acids is 2. The van der Waals surface area contributed by atoms with E-state index in [2.05, 4.69) is 9.80 Å². The monoisotopic (exact) mass is 496 g/mol. The van der Waals surface area contributed by atoms with Crippen molar-refractivity contribution < 1.29 is 29.0 Å². The van der Waals surface area contributed by atoms with Crippen LogP contribution in [0, 0.1) is 0 Å². The van der Waals surface area contributed by atoms with Crippen LogP contribution in [0.1, 0.15) is 20.7 Å². The normalized spacial score (nSPS) is 14.7. The summed E-state index contributed by atoms with van der Waals surface area (Å²) in [6, 6.07) is 7.79. The zero-order valence-corrected chi connectivity index (χ0v) is 19.7. The first kappa shape index (κ1) is 23.4. The minimum absolute atomic E-state index is 0.0101. The summed E-state index contributed by atoms with van der Waals surface area (Å²) in [4.78, 5) is 54.1. The molecular weight excluding hydrogens is 472 g/mol. The van der Waals surface area contributed by atoms with Gasteiger partial charge in [0, 0.05) is 46.3 Å². The maximum Gasteiger partial charge on any atom is 0.340 e. The van der Waals surface area contributed by atoms with E-state index >= 15 is 0 Å². The second-order valence-corrected chi connectivity index (χ2v) is 8.64. The first-order chi connectivity index (χ1) is 17.2. The van der Waals surface area contributed by atoms with Gasteiger partial charge in [-0.25, -0.2) is 14.4 Å². The van der Waals surface area contributed by atoms with Gasteiger partial charge in [-0.15, -0.1) is 0 Å². The van der Waals surface area contributed by atoms with Gasteiger partial charge >= 0.3 is 17.6 Å². The smallest absolute Gasteiger partial charge is 0.340 e. The molecule has 188 valence electrons. The van der Waals surface area contributed by atoms with Gasteiger partial charge in [-0.05, 0) is 12.1 Å². The van der Waals surface area contributed by atoms with Crippen LogP contribution >= 0.6 is 0 Å². The van der Waals surface area contributed by atoms with Crippen molar-refractivity contribution >= 4 is 39.7 Å². The Morgan fingerprint density at radius 2 is 1.61 bits per heavy atom. The van der Waals surface area contributed by atoms with E-state index in [0.29, 0.717) is 19.6 Å². The molecule has 1 fully saturated rings. The summed E-state index contributed by atoms with van der Waals surface area (Å²) in [6.45, 7) is 3.43. The topological polar surface area (TPSA) is 147 Å². The van der Waals surface area contributed by atoms with Gasteiger partial charge in [0.15, 0.2) is 11.2 Å². The second kappa shape index (κ2) is 8.72. The van der Waals surface area contributed by atoms with Gasteiger partial charge < -0.3 is 24.3 Å². The van der Waals surface area contributed by atoms with Crippen LogP contribution in [-0.4, -0.2) is 76.0 Å². The SMILES string of the molecule is COc1ccccc1N1CCN(CCn2c(=O)c3c4oc(c(C(=O)O)c4C(=O)O)c3n(C)c2=O)CC1. The molecule has 4 heterocycles. The number of fused-ring (bicyclic) bond motifs is 5. The lowest BCUT2D eigenvalue weighted by Gasteiger charge is -2.36. The standard InChI is InChI=1S/C24H24N4O8/c1-25-18-17(19-15(22(30)31)16(23(32)33)20(18)36-19)21(29)28(24(25)34)12-9-26-7-10-27(11-8-26)13-5-3-4-6-14(13)35-2/h3-6H,7-12H2,1-2H3,(H,30,31)(H,32,33). The Morgan fingerprint density at radius 3 is 2.25 bits per heavy atom. The molecular formula is C24H24N4O8. The lowest BCUT2D eigenvalue weighted by Crippen LogP contribution is -2.49. The number of benzene rings is 2. The summed E-state index contributed by atoms with van der Waals surface area (Å²) in [5, 5.41) is 18.9. The number of hydrogen-bond donors (Lipinski definition) is 2. The van der Waals surface area contributed by atoms with Crippen LogP contribution in [0.5, 0.6) is 5.75 Å². The Kier molecular flexibility index (Phi) is 5.67. The fourth-order valence-electron chi connectivity index (χ4n) is 4.96. The van der Waals surface area contributed by atoms with Gasteiger partial charge in [0.1, 0.15) is 27.8 Å². The summed E-state index contributed by atoms with van der Waals surface area (Å²) in [7, 11) is 3.04. The fourth-order valence-corrected chi connectivity index (χ4v) is 4.96. The molecule has 0 spiro atoms. The van der Waals surface area contributed by atoms with Crippen LogP contribution < -0.4 is 20.9 Å². The predicted molar refractivity (Wildman–Crippen MR) is 130 cm³/mol. The Hall–Kier alpha value is -4.32. The van der Waals surface area contributed by atoms with Crippen molar-refractivity contribution in [3.8, 4) is 5.75 Å². The van der Waals surface area contributed by atoms with E-state index < -0.39 is 34.3 Å². The van der Waals surface area contributed by atoms with Gasteiger partial charge in [0.05, 0.1) is 12.8 Å². The number of furan rings is 2. The molecule has 36 heavy (non-hydrogen) atoms. The molecule has 12 heteroatoms. The van der Waals surface area contributed by atoms with Crippen molar-refractivity contribution in [1.29, 1.82) is 0 Å². The van der Waals surface area contributed by atoms with Crippen molar-refractivity contribution in [2.75, 3.05) is 44.7 Å². The molecule has 2 N–H and O–H groups in total. The Labute approximate surface area is 203 Å². The summed E-state index contributed by atoms with van der Waals surface area (Å²) in [6.07, 6.45) is 0. The number of aromatic nitrogens is 2. The Bertz CT molecular complexity index is 1610. The van der Waals surface area contributed by atoms with Crippen LogP contribution in [-0.2, 0) is 13.6 Å². The average molecular weight is 496 g/mol. The van der Waals surface area contributed by atoms with E-state index in [0.717, 1.165) is 33.7 Å². The molecule has 0 radical (unpaired) electrons. The zero-order chi connectivity index (χ0) is 25.7. The third-order valence-electron chi connectivity index (χ3n) is 6.77. The third kappa shape index (κ3) is 3.49. The number of aromatic carboxylic acids is 2. The number of aryl methyl sites for hydroxylation is 1. The number of ether oxygens (including phenoxy) is 1. The number of anilines is 1. The largest absolute Gasteiger partial charge is 0.495 e. The quantitative estimate of drug-likeness (QED) is 0.381. The first-order valence-corrected chi connectivity index (χ1v) is 11.3. The molecule has 1 aromatic carbocycles. The molecule has 5 rings (SSSR count). The average Bonchev–Trinajstić information content (AvgIpc) is 3.45. The maximum absolute atomic E-state index is 13.3. The van der Waals surface area contributed by atoms with Gasteiger partial charge in [0.2, 0.25) is 0 Å². The molecule has 0 unspecified atom stereocenters. The minimum Gasteiger partial charge on any atom is -0.495 e. The number of carbonyl (C=O) groups is 2. The summed E-state index contributed by atoms with van der Waals surface area (Å²) >= 11 is 0. The van der Waals surface area contributed by atoms with Crippen LogP contribution in [0.15, 0.2) is 38.3 Å². The molecule has 0 atom stereocenters. The second-order valence-electron chi connectivity index (χ2n) is 8.64. The molecule has 0 aliphatic carbocycles. The Morgan fingerprint density at radius 1 is 0.972 bits per heavy atom. The molecule has 1 aliphatic heterocycles. The van der Waals surface area contributed by atoms with Crippen LogP contribution in [0.2, 0.25) is 0 Å². The van der Waals surface area contributed by atoms with Gasteiger partial charge in [-0.1, -0.05) is 12.1 Å². The minimum atomic E-state index is -1.52. The van der Waals surface area contributed by atoms with Crippen LogP contribution in [0.3, 0.4) is 0 Å². The lowest BCUT2D eigenvalue weighted by molar-refractivity contribution is 0.0655. The van der Waals surface area contributed by atoms with Gasteiger partial charge in [-0.2, -0.15) is 0 Å². The number of carboxylic acid groups (broad SMARTS) is 2. The maximum atomic E-state index is 13.3. The highest BCUT2D eigenvalue weighted by molar-refractivity contribution is 6.22. The number of piperazine rings is 1. The van der Waals surface area contributed by atoms with Gasteiger partial charge in [0.25, 0.3) is 5.56 Å². The number of methoxy groups -OCH3 is 1. The summed E-state index contributed by atoms with van der Waals surface area (Å²) in [5.41, 5.74) is -2.10. The predicted octanol–water partition coefficient (Wildman–Crippen LogP) is 1.11. The van der Waals surface area contributed by atoms with E-state index in [-0.39, 0.29) is 28.6 Å². The van der Waals surface area contributed by atoms with E-state index in [1.807, 2.05) is 24.3 Å². The molecule has 2 bridgehead atoms. The number of hydrogen-bond acceptors (Lipinski definition) is 8. The molecule has 0 saturated carbocycles. The lowest BCUT2D eigenvalue weighted by atomic mass is 10.0. The number of nitrogens with zero attached hydrogens (tertiary/aromatic N) is 4. The van der Waals surface area contributed by atoms with Gasteiger partial charge in [-0.3, -0.25) is 18.8 Å². The van der Waals surface area contributed by atoms with Crippen molar-refractivity contribution in [3.63, 3.8) is 0 Å². The number of para-hydroxylation sites is 2. The van der Waals surface area contributed by atoms with E-state index in [4.69, 9.17) is 9.15 Å². The van der Waals surface area contributed by atoms with Crippen molar-refractivity contribution in [2.24, 2.45) is 7.05 Å².